The van der Waals surface area contributed by atoms with E-state index in [4.69, 9.17) is 0 Å². The second-order valence-corrected chi connectivity index (χ2v) is 7.26. The van der Waals surface area contributed by atoms with Crippen LogP contribution in [-0.2, 0) is 6.18 Å². The molecular weight excluding hydrogens is 345 g/mol. The second kappa shape index (κ2) is 6.23. The molecule has 1 aliphatic heterocycles. The highest BCUT2D eigenvalue weighted by Crippen LogP contribution is 2.32. The van der Waals surface area contributed by atoms with Gasteiger partial charge in [-0.15, -0.1) is 11.3 Å². The van der Waals surface area contributed by atoms with Gasteiger partial charge < -0.3 is 14.7 Å². The molecule has 1 saturated heterocycles. The Hall–Kier alpha value is -1.84. The zero-order valence-electron chi connectivity index (χ0n) is 13.8. The number of piperazine rings is 1. The van der Waals surface area contributed by atoms with Crippen molar-refractivity contribution in [3.63, 3.8) is 0 Å². The van der Waals surface area contributed by atoms with E-state index in [1.54, 1.807) is 32.8 Å². The van der Waals surface area contributed by atoms with Gasteiger partial charge in [-0.05, 0) is 13.8 Å². The minimum atomic E-state index is -4.56. The number of rotatable bonds is 1. The smallest absolute Gasteiger partial charge is 0.331 e. The number of hydrogen-bond acceptors (Lipinski definition) is 4. The molecule has 1 aromatic rings. The Morgan fingerprint density at radius 1 is 1.29 bits per heavy atom. The fraction of sp³-hybridized carbons (Fsp3) is 0.643. The maximum atomic E-state index is 12.6. The maximum Gasteiger partial charge on any atom is 0.443 e. The van der Waals surface area contributed by atoms with Crippen molar-refractivity contribution in [3.8, 4) is 0 Å². The molecular formula is C14H19F3N4O2S. The molecule has 0 unspecified atom stereocenters. The van der Waals surface area contributed by atoms with Crippen molar-refractivity contribution >= 4 is 23.3 Å². The number of urea groups is 1. The van der Waals surface area contributed by atoms with E-state index in [0.717, 1.165) is 5.38 Å². The summed E-state index contributed by atoms with van der Waals surface area (Å²) in [4.78, 5) is 32.6. The lowest BCUT2D eigenvalue weighted by Crippen LogP contribution is -2.63. The highest BCUT2D eigenvalue weighted by molar-refractivity contribution is 7.09. The number of carbonyl (C=O) groups is 2. The van der Waals surface area contributed by atoms with Gasteiger partial charge in [0.05, 0.1) is 5.54 Å². The lowest BCUT2D eigenvalue weighted by atomic mass is 9.98. The van der Waals surface area contributed by atoms with E-state index in [9.17, 15) is 22.8 Å². The number of amides is 3. The predicted octanol–water partition coefficient (Wildman–Crippen LogP) is 2.38. The summed E-state index contributed by atoms with van der Waals surface area (Å²) in [5, 5.41) is 0.0866. The number of halogens is 3. The van der Waals surface area contributed by atoms with Crippen LogP contribution in [0.4, 0.5) is 18.0 Å². The van der Waals surface area contributed by atoms with E-state index >= 15 is 0 Å². The minimum absolute atomic E-state index is 0.164. The summed E-state index contributed by atoms with van der Waals surface area (Å²) in [5.74, 6) is -0.552. The molecule has 1 fully saturated rings. The third-order valence-electron chi connectivity index (χ3n) is 3.77. The molecule has 1 aromatic heterocycles. The van der Waals surface area contributed by atoms with Crippen molar-refractivity contribution in [3.05, 3.63) is 16.1 Å². The van der Waals surface area contributed by atoms with Gasteiger partial charge in [0.25, 0.3) is 5.91 Å². The Labute approximate surface area is 141 Å². The molecule has 2 rings (SSSR count). The van der Waals surface area contributed by atoms with Crippen molar-refractivity contribution in [1.82, 2.24) is 19.7 Å². The van der Waals surface area contributed by atoms with Crippen molar-refractivity contribution < 1.29 is 22.8 Å². The Morgan fingerprint density at radius 2 is 1.92 bits per heavy atom. The van der Waals surface area contributed by atoms with Crippen LogP contribution in [0.2, 0.25) is 0 Å². The summed E-state index contributed by atoms with van der Waals surface area (Å²) < 4.78 is 37.9. The van der Waals surface area contributed by atoms with Crippen LogP contribution in [0.1, 0.15) is 29.3 Å². The van der Waals surface area contributed by atoms with Gasteiger partial charge in [-0.25, -0.2) is 9.78 Å². The first-order valence-corrected chi connectivity index (χ1v) is 8.12. The van der Waals surface area contributed by atoms with Gasteiger partial charge in [0.15, 0.2) is 5.01 Å². The van der Waals surface area contributed by atoms with Crippen molar-refractivity contribution in [1.29, 1.82) is 0 Å². The number of aromatic nitrogens is 1. The van der Waals surface area contributed by atoms with Crippen LogP contribution >= 0.6 is 11.3 Å². The van der Waals surface area contributed by atoms with Gasteiger partial charge in [-0.2, -0.15) is 13.2 Å². The first-order chi connectivity index (χ1) is 10.9. The van der Waals surface area contributed by atoms with Gasteiger partial charge in [0.2, 0.25) is 0 Å². The molecule has 0 radical (unpaired) electrons. The second-order valence-electron chi connectivity index (χ2n) is 6.40. The average Bonchev–Trinajstić information content (AvgIpc) is 2.94. The topological polar surface area (TPSA) is 56.8 Å². The highest BCUT2D eigenvalue weighted by atomic mass is 32.1. The Kier molecular flexibility index (Phi) is 4.80. The van der Waals surface area contributed by atoms with Gasteiger partial charge >= 0.3 is 12.2 Å². The van der Waals surface area contributed by atoms with Crippen molar-refractivity contribution in [2.24, 2.45) is 0 Å². The largest absolute Gasteiger partial charge is 0.443 e. The molecule has 0 saturated carbocycles. The summed E-state index contributed by atoms with van der Waals surface area (Å²) in [6, 6.07) is -0.164. The standard InChI is InChI=1S/C14H19F3N4O2S/c1-13(2)8-20(12(23)19(3)4)5-6-21(13)10(22)9-7-24-11(18-9)14(15,16)17/h7H,5-6,8H2,1-4H3. The van der Waals surface area contributed by atoms with Crippen LogP contribution in [0.15, 0.2) is 5.38 Å². The minimum Gasteiger partial charge on any atom is -0.331 e. The molecule has 0 spiro atoms. The summed E-state index contributed by atoms with van der Waals surface area (Å²) in [6.45, 7) is 4.41. The van der Waals surface area contributed by atoms with Gasteiger partial charge in [-0.1, -0.05) is 0 Å². The van der Waals surface area contributed by atoms with E-state index < -0.39 is 22.6 Å². The molecule has 0 bridgehead atoms. The molecule has 10 heteroatoms. The molecule has 3 amide bonds. The van der Waals surface area contributed by atoms with Crippen LogP contribution in [0, 0.1) is 0 Å². The van der Waals surface area contributed by atoms with E-state index in [2.05, 4.69) is 4.98 Å². The molecule has 0 atom stereocenters. The zero-order valence-corrected chi connectivity index (χ0v) is 14.7. The van der Waals surface area contributed by atoms with E-state index in [1.165, 1.54) is 9.80 Å². The van der Waals surface area contributed by atoms with Crippen LogP contribution in [0.5, 0.6) is 0 Å². The van der Waals surface area contributed by atoms with E-state index in [1.807, 2.05) is 0 Å². The maximum absolute atomic E-state index is 12.6. The van der Waals surface area contributed by atoms with Crippen molar-refractivity contribution in [2.75, 3.05) is 33.7 Å². The number of carbonyl (C=O) groups excluding carboxylic acids is 2. The number of thiazole rings is 1. The number of alkyl halides is 3. The normalized spacial score (nSPS) is 17.8. The molecule has 24 heavy (non-hydrogen) atoms. The van der Waals surface area contributed by atoms with Crippen molar-refractivity contribution in [2.45, 2.75) is 25.6 Å². The Bertz CT molecular complexity index is 642. The fourth-order valence-electron chi connectivity index (χ4n) is 2.62. The van der Waals surface area contributed by atoms with E-state index in [-0.39, 0.29) is 18.3 Å². The monoisotopic (exact) mass is 364 g/mol. The fourth-order valence-corrected chi connectivity index (χ4v) is 3.28. The summed E-state index contributed by atoms with van der Waals surface area (Å²) in [6.07, 6.45) is -4.56. The van der Waals surface area contributed by atoms with Gasteiger partial charge in [-0.3, -0.25) is 4.79 Å². The van der Waals surface area contributed by atoms with Gasteiger partial charge in [0.1, 0.15) is 5.69 Å². The van der Waals surface area contributed by atoms with Crippen LogP contribution < -0.4 is 0 Å². The Balaban J connectivity index is 2.16. The summed E-state index contributed by atoms with van der Waals surface area (Å²) in [5.41, 5.74) is -0.920. The van der Waals surface area contributed by atoms with Crippen LogP contribution in [0.3, 0.4) is 0 Å². The summed E-state index contributed by atoms with van der Waals surface area (Å²) >= 11 is 0.404. The van der Waals surface area contributed by atoms with Crippen LogP contribution in [0.25, 0.3) is 0 Å². The molecule has 134 valence electrons. The number of hydrogen-bond donors (Lipinski definition) is 0. The number of nitrogens with zero attached hydrogens (tertiary/aromatic N) is 4. The third kappa shape index (κ3) is 3.63. The molecule has 0 aromatic carbocycles. The average molecular weight is 364 g/mol. The lowest BCUT2D eigenvalue weighted by molar-refractivity contribution is -0.137. The molecule has 1 aliphatic rings. The molecule has 0 N–H and O–H groups in total. The molecule has 2 heterocycles. The highest BCUT2D eigenvalue weighted by Gasteiger charge is 2.41. The predicted molar refractivity (Wildman–Crippen MR) is 82.9 cm³/mol. The SMILES string of the molecule is CN(C)C(=O)N1CCN(C(=O)c2csc(C(F)(F)F)n2)C(C)(C)C1. The third-order valence-corrected chi connectivity index (χ3v) is 4.65. The first kappa shape index (κ1) is 18.5. The van der Waals surface area contributed by atoms with E-state index in [0.29, 0.717) is 24.4 Å². The zero-order chi connectivity index (χ0) is 18.3. The molecule has 0 aliphatic carbocycles. The Morgan fingerprint density at radius 3 is 2.38 bits per heavy atom. The lowest BCUT2D eigenvalue weighted by Gasteiger charge is -2.47. The quantitative estimate of drug-likeness (QED) is 0.769. The first-order valence-electron chi connectivity index (χ1n) is 7.24. The molecule has 6 nitrogen and oxygen atoms in total. The van der Waals surface area contributed by atoms with Crippen LogP contribution in [-0.4, -0.2) is 70.9 Å². The summed E-state index contributed by atoms with van der Waals surface area (Å²) in [7, 11) is 3.28. The van der Waals surface area contributed by atoms with Gasteiger partial charge in [0, 0.05) is 39.1 Å².